The molecule has 0 saturated carbocycles. The molecule has 6 nitrogen and oxygen atoms in total. The Morgan fingerprint density at radius 1 is 1.39 bits per heavy atom. The Kier molecular flexibility index (Phi) is 8.37. The second-order valence-corrected chi connectivity index (χ2v) is 6.79. The molecule has 158 valence electrons. The zero-order valence-electron chi connectivity index (χ0n) is 16.2. The van der Waals surface area contributed by atoms with Crippen LogP contribution in [0.15, 0.2) is 29.3 Å². The van der Waals surface area contributed by atoms with E-state index in [9.17, 15) is 18.3 Å². The summed E-state index contributed by atoms with van der Waals surface area (Å²) < 4.78 is 48.4. The molecule has 1 saturated heterocycles. The number of nitrogens with zero attached hydrogens (tertiary/aromatic N) is 2. The van der Waals surface area contributed by atoms with Gasteiger partial charge in [-0.15, -0.1) is 0 Å². The molecule has 28 heavy (non-hydrogen) atoms. The molecule has 1 aliphatic heterocycles. The van der Waals surface area contributed by atoms with Crippen LogP contribution in [-0.4, -0.2) is 68.6 Å². The Morgan fingerprint density at radius 3 is 2.68 bits per heavy atom. The predicted octanol–water partition coefficient (Wildman–Crippen LogP) is 2.38. The highest BCUT2D eigenvalue weighted by molar-refractivity contribution is 5.79. The highest BCUT2D eigenvalue weighted by Crippen LogP contribution is 2.30. The summed E-state index contributed by atoms with van der Waals surface area (Å²) in [5, 5.41) is 13.3. The SMILES string of the molecule is CCNC(=NCC(O)COc1ccc(C(F)(F)F)cc1)N(C)CC1CCOC1. The maximum absolute atomic E-state index is 12.6. The van der Waals surface area contributed by atoms with Crippen LogP contribution in [0.4, 0.5) is 13.2 Å². The molecule has 0 radical (unpaired) electrons. The summed E-state index contributed by atoms with van der Waals surface area (Å²) in [6, 6.07) is 4.37. The largest absolute Gasteiger partial charge is 0.491 e. The quantitative estimate of drug-likeness (QED) is 0.515. The van der Waals surface area contributed by atoms with Gasteiger partial charge in [0.15, 0.2) is 5.96 Å². The third kappa shape index (κ3) is 7.20. The summed E-state index contributed by atoms with van der Waals surface area (Å²) in [5.41, 5.74) is -0.740. The Labute approximate surface area is 163 Å². The van der Waals surface area contributed by atoms with Crippen LogP contribution in [-0.2, 0) is 10.9 Å². The van der Waals surface area contributed by atoms with Gasteiger partial charge in [-0.05, 0) is 37.6 Å². The van der Waals surface area contributed by atoms with Crippen molar-refractivity contribution < 1.29 is 27.8 Å². The lowest BCUT2D eigenvalue weighted by atomic mass is 10.1. The Balaban J connectivity index is 1.82. The minimum Gasteiger partial charge on any atom is -0.491 e. The Hall–Kier alpha value is -2.00. The molecule has 1 heterocycles. The van der Waals surface area contributed by atoms with E-state index in [1.165, 1.54) is 12.1 Å². The van der Waals surface area contributed by atoms with E-state index in [1.54, 1.807) is 0 Å². The Bertz CT molecular complexity index is 617. The third-order valence-electron chi connectivity index (χ3n) is 4.33. The van der Waals surface area contributed by atoms with E-state index in [2.05, 4.69) is 10.3 Å². The predicted molar refractivity (Wildman–Crippen MR) is 100 cm³/mol. The number of aliphatic imine (C=N–C) groups is 1. The average Bonchev–Trinajstić information content (AvgIpc) is 3.16. The van der Waals surface area contributed by atoms with Crippen LogP contribution in [0.2, 0.25) is 0 Å². The van der Waals surface area contributed by atoms with Crippen molar-refractivity contribution in [1.29, 1.82) is 0 Å². The monoisotopic (exact) mass is 403 g/mol. The molecule has 0 aromatic heterocycles. The van der Waals surface area contributed by atoms with Gasteiger partial charge in [-0.25, -0.2) is 0 Å². The first-order valence-corrected chi connectivity index (χ1v) is 9.35. The molecule has 1 aromatic rings. The van der Waals surface area contributed by atoms with Crippen molar-refractivity contribution in [2.24, 2.45) is 10.9 Å². The van der Waals surface area contributed by atoms with Crippen LogP contribution >= 0.6 is 0 Å². The molecule has 1 aromatic carbocycles. The van der Waals surface area contributed by atoms with E-state index in [0.29, 0.717) is 18.4 Å². The second kappa shape index (κ2) is 10.5. The van der Waals surface area contributed by atoms with Crippen molar-refractivity contribution >= 4 is 5.96 Å². The van der Waals surface area contributed by atoms with Crippen molar-refractivity contribution in [2.75, 3.05) is 46.5 Å². The van der Waals surface area contributed by atoms with Crippen LogP contribution in [0.25, 0.3) is 0 Å². The molecule has 9 heteroatoms. The molecule has 1 fully saturated rings. The fourth-order valence-electron chi connectivity index (χ4n) is 2.85. The van der Waals surface area contributed by atoms with E-state index in [-0.39, 0.29) is 18.9 Å². The third-order valence-corrected chi connectivity index (χ3v) is 4.33. The molecule has 0 amide bonds. The standard InChI is InChI=1S/C19H28F3N3O3/c1-3-23-18(25(2)11-14-8-9-27-12-14)24-10-16(26)13-28-17-6-4-15(5-7-17)19(20,21)22/h4-7,14,16,26H,3,8-13H2,1-2H3,(H,23,24). The number of guanidine groups is 1. The molecule has 0 aliphatic carbocycles. The number of nitrogens with one attached hydrogen (secondary N) is 1. The van der Waals surface area contributed by atoms with Gasteiger partial charge in [-0.2, -0.15) is 13.2 Å². The fourth-order valence-corrected chi connectivity index (χ4v) is 2.85. The molecule has 2 rings (SSSR count). The molecule has 2 atom stereocenters. The summed E-state index contributed by atoms with van der Waals surface area (Å²) in [6.45, 7) is 5.06. The van der Waals surface area contributed by atoms with Crippen LogP contribution in [0.3, 0.4) is 0 Å². The van der Waals surface area contributed by atoms with Crippen LogP contribution in [0, 0.1) is 5.92 Å². The minimum absolute atomic E-state index is 0.0611. The molecule has 0 bridgehead atoms. The number of hydrogen-bond donors (Lipinski definition) is 2. The number of benzene rings is 1. The van der Waals surface area contributed by atoms with Gasteiger partial charge in [0.2, 0.25) is 0 Å². The summed E-state index contributed by atoms with van der Waals surface area (Å²) in [5.74, 6) is 1.41. The second-order valence-electron chi connectivity index (χ2n) is 6.79. The van der Waals surface area contributed by atoms with Gasteiger partial charge in [0.05, 0.1) is 18.7 Å². The van der Waals surface area contributed by atoms with Crippen molar-refractivity contribution in [3.63, 3.8) is 0 Å². The maximum atomic E-state index is 12.6. The first kappa shape index (κ1) is 22.3. The summed E-state index contributed by atoms with van der Waals surface area (Å²) >= 11 is 0. The number of alkyl halides is 3. The number of aliphatic hydroxyl groups excluding tert-OH is 1. The van der Waals surface area contributed by atoms with E-state index in [0.717, 1.165) is 38.3 Å². The normalized spacial score (nSPS) is 18.8. The molecular weight excluding hydrogens is 375 g/mol. The fraction of sp³-hybridized carbons (Fsp3) is 0.632. The van der Waals surface area contributed by atoms with E-state index < -0.39 is 17.8 Å². The number of aliphatic hydroxyl groups is 1. The van der Waals surface area contributed by atoms with Crippen molar-refractivity contribution in [3.05, 3.63) is 29.8 Å². The average molecular weight is 403 g/mol. The zero-order valence-corrected chi connectivity index (χ0v) is 16.2. The minimum atomic E-state index is -4.38. The van der Waals surface area contributed by atoms with Crippen molar-refractivity contribution in [3.8, 4) is 5.75 Å². The zero-order chi connectivity index (χ0) is 20.6. The lowest BCUT2D eigenvalue weighted by Gasteiger charge is -2.24. The first-order valence-electron chi connectivity index (χ1n) is 9.35. The van der Waals surface area contributed by atoms with Gasteiger partial charge < -0.3 is 24.8 Å². The van der Waals surface area contributed by atoms with Gasteiger partial charge in [0.1, 0.15) is 18.5 Å². The number of hydrogen-bond acceptors (Lipinski definition) is 4. The first-order chi connectivity index (χ1) is 13.3. The lowest BCUT2D eigenvalue weighted by molar-refractivity contribution is -0.137. The van der Waals surface area contributed by atoms with Crippen LogP contribution < -0.4 is 10.1 Å². The molecular formula is C19H28F3N3O3. The van der Waals surface area contributed by atoms with E-state index in [4.69, 9.17) is 9.47 Å². The maximum Gasteiger partial charge on any atom is 0.416 e. The van der Waals surface area contributed by atoms with Gasteiger partial charge in [0.25, 0.3) is 0 Å². The van der Waals surface area contributed by atoms with Gasteiger partial charge in [-0.3, -0.25) is 4.99 Å². The van der Waals surface area contributed by atoms with Crippen LogP contribution in [0.5, 0.6) is 5.75 Å². The summed E-state index contributed by atoms with van der Waals surface area (Å²) in [6.07, 6.45) is -4.24. The van der Waals surface area contributed by atoms with Crippen molar-refractivity contribution in [2.45, 2.75) is 25.6 Å². The Morgan fingerprint density at radius 2 is 2.11 bits per heavy atom. The smallest absolute Gasteiger partial charge is 0.416 e. The topological polar surface area (TPSA) is 66.3 Å². The highest BCUT2D eigenvalue weighted by Gasteiger charge is 2.30. The molecule has 2 unspecified atom stereocenters. The van der Waals surface area contributed by atoms with E-state index in [1.807, 2.05) is 18.9 Å². The summed E-state index contributed by atoms with van der Waals surface area (Å²) in [7, 11) is 1.94. The molecule has 2 N–H and O–H groups in total. The van der Waals surface area contributed by atoms with Gasteiger partial charge in [-0.1, -0.05) is 0 Å². The summed E-state index contributed by atoms with van der Waals surface area (Å²) in [4.78, 5) is 6.43. The molecule has 1 aliphatic rings. The number of rotatable bonds is 8. The highest BCUT2D eigenvalue weighted by atomic mass is 19.4. The van der Waals surface area contributed by atoms with Gasteiger partial charge in [0, 0.05) is 32.7 Å². The van der Waals surface area contributed by atoms with Crippen LogP contribution in [0.1, 0.15) is 18.9 Å². The van der Waals surface area contributed by atoms with Gasteiger partial charge >= 0.3 is 6.18 Å². The van der Waals surface area contributed by atoms with E-state index >= 15 is 0 Å². The van der Waals surface area contributed by atoms with Crippen molar-refractivity contribution in [1.82, 2.24) is 10.2 Å². The molecule has 0 spiro atoms. The number of ether oxygens (including phenoxy) is 2. The lowest BCUT2D eigenvalue weighted by Crippen LogP contribution is -2.42. The number of halogens is 3.